The van der Waals surface area contributed by atoms with Gasteiger partial charge in [-0.05, 0) is 33.1 Å². The number of nitrogens with one attached hydrogen (secondary N) is 3. The van der Waals surface area contributed by atoms with Crippen molar-refractivity contribution in [1.29, 1.82) is 0 Å². The lowest BCUT2D eigenvalue weighted by molar-refractivity contribution is -0.138. The molecule has 2 aromatic rings. The Kier molecular flexibility index (Phi) is 7.19. The molecule has 0 bridgehead atoms. The van der Waals surface area contributed by atoms with Crippen LogP contribution in [0, 0.1) is 6.92 Å². The van der Waals surface area contributed by atoms with Crippen molar-refractivity contribution in [2.45, 2.75) is 70.2 Å². The van der Waals surface area contributed by atoms with E-state index in [0.717, 1.165) is 22.0 Å². The van der Waals surface area contributed by atoms with E-state index in [9.17, 15) is 22.8 Å². The van der Waals surface area contributed by atoms with Crippen LogP contribution in [0.15, 0.2) is 12.3 Å². The third kappa shape index (κ3) is 7.23. The average Bonchev–Trinajstić information content (AvgIpc) is 3.34. The van der Waals surface area contributed by atoms with E-state index in [-0.39, 0.29) is 24.3 Å². The molecule has 0 spiro atoms. The van der Waals surface area contributed by atoms with Gasteiger partial charge < -0.3 is 15.4 Å². The number of anilines is 1. The van der Waals surface area contributed by atoms with Gasteiger partial charge in [0.25, 0.3) is 0 Å². The number of carbonyl (C=O) groups is 2. The summed E-state index contributed by atoms with van der Waals surface area (Å²) in [6, 6.07) is 0.686. The molecule has 1 aliphatic rings. The fourth-order valence-corrected chi connectivity index (χ4v) is 4.35. The van der Waals surface area contributed by atoms with E-state index < -0.39 is 24.7 Å². The normalized spacial score (nSPS) is 19.8. The highest BCUT2D eigenvalue weighted by Crippen LogP contribution is 2.36. The smallest absolute Gasteiger partial charge is 0.407 e. The molecule has 1 fully saturated rings. The number of thiazole rings is 1. The minimum atomic E-state index is -4.35. The van der Waals surface area contributed by atoms with E-state index >= 15 is 0 Å². The standard InChI is InChI=1S/C19H24F3N5O3S/c1-10(8-19(20,21)22)24-18(29)30-13-4-3-12(5-13)15-7-16(27-26-15)25-17(28)6-14-9-23-11(2)31-14/h7,9-10,12-13H,3-6,8H2,1-2H3,(H,24,29)(H2,25,26,27,28)/t10?,12-,13?/m0/s1. The maximum absolute atomic E-state index is 12.4. The number of halogens is 3. The summed E-state index contributed by atoms with van der Waals surface area (Å²) in [6.45, 7) is 3.15. The van der Waals surface area contributed by atoms with E-state index in [2.05, 4.69) is 25.8 Å². The molecule has 31 heavy (non-hydrogen) atoms. The van der Waals surface area contributed by atoms with Crippen molar-refractivity contribution in [3.8, 4) is 0 Å². The summed E-state index contributed by atoms with van der Waals surface area (Å²) in [5.41, 5.74) is 0.806. The number of hydrogen-bond acceptors (Lipinski definition) is 6. The summed E-state index contributed by atoms with van der Waals surface area (Å²) in [5.74, 6) is 0.260. The molecule has 0 aromatic carbocycles. The highest BCUT2D eigenvalue weighted by molar-refractivity contribution is 7.11. The first-order chi connectivity index (χ1) is 14.6. The van der Waals surface area contributed by atoms with Crippen LogP contribution < -0.4 is 10.6 Å². The number of hydrogen-bond donors (Lipinski definition) is 3. The number of ether oxygens (including phenoxy) is 1. The Morgan fingerprint density at radius 3 is 2.84 bits per heavy atom. The number of aromatic nitrogens is 3. The molecule has 0 radical (unpaired) electrons. The molecular formula is C19H24F3N5O3S. The van der Waals surface area contributed by atoms with E-state index in [1.807, 2.05) is 6.92 Å². The van der Waals surface area contributed by atoms with Gasteiger partial charge in [-0.2, -0.15) is 18.3 Å². The van der Waals surface area contributed by atoms with E-state index in [1.165, 1.54) is 18.3 Å². The van der Waals surface area contributed by atoms with Crippen LogP contribution in [-0.2, 0) is 16.0 Å². The van der Waals surface area contributed by atoms with Crippen LogP contribution in [0.1, 0.15) is 54.1 Å². The summed E-state index contributed by atoms with van der Waals surface area (Å²) in [7, 11) is 0. The molecule has 2 heterocycles. The van der Waals surface area contributed by atoms with Crippen molar-refractivity contribution < 1.29 is 27.5 Å². The lowest BCUT2D eigenvalue weighted by Gasteiger charge is -2.18. The molecule has 3 N–H and O–H groups in total. The Balaban J connectivity index is 1.44. The third-order valence-electron chi connectivity index (χ3n) is 4.87. The Morgan fingerprint density at radius 1 is 1.39 bits per heavy atom. The number of aromatic amines is 1. The Hall–Kier alpha value is -2.63. The summed E-state index contributed by atoms with van der Waals surface area (Å²) in [6.07, 6.45) is -2.96. The van der Waals surface area contributed by atoms with Crippen molar-refractivity contribution in [2.75, 3.05) is 5.32 Å². The zero-order valence-electron chi connectivity index (χ0n) is 17.1. The number of alkyl halides is 3. The maximum atomic E-state index is 12.4. The van der Waals surface area contributed by atoms with E-state index in [1.54, 1.807) is 12.3 Å². The van der Waals surface area contributed by atoms with Gasteiger partial charge in [0.2, 0.25) is 5.91 Å². The minimum absolute atomic E-state index is 0.0488. The fraction of sp³-hybridized carbons (Fsp3) is 0.579. The fourth-order valence-electron chi connectivity index (χ4n) is 3.56. The molecule has 1 aliphatic carbocycles. The summed E-state index contributed by atoms with van der Waals surface area (Å²) in [5, 5.41) is 12.9. The van der Waals surface area contributed by atoms with Crippen molar-refractivity contribution in [2.24, 2.45) is 0 Å². The Morgan fingerprint density at radius 2 is 2.16 bits per heavy atom. The van der Waals surface area contributed by atoms with Crippen LogP contribution in [0.2, 0.25) is 0 Å². The number of aryl methyl sites for hydroxylation is 1. The van der Waals surface area contributed by atoms with Gasteiger partial charge in [-0.25, -0.2) is 9.78 Å². The Labute approximate surface area is 181 Å². The number of carbonyl (C=O) groups excluding carboxylic acids is 2. The molecule has 3 atom stereocenters. The zero-order chi connectivity index (χ0) is 22.6. The minimum Gasteiger partial charge on any atom is -0.446 e. The quantitative estimate of drug-likeness (QED) is 0.579. The number of H-pyrrole nitrogens is 1. The molecule has 2 amide bonds. The molecule has 12 heteroatoms. The van der Waals surface area contributed by atoms with E-state index in [0.29, 0.717) is 18.7 Å². The van der Waals surface area contributed by atoms with Crippen molar-refractivity contribution in [3.05, 3.63) is 27.8 Å². The van der Waals surface area contributed by atoms with Gasteiger partial charge in [0.1, 0.15) is 6.10 Å². The lowest BCUT2D eigenvalue weighted by Crippen LogP contribution is -2.37. The van der Waals surface area contributed by atoms with Gasteiger partial charge in [0.05, 0.1) is 17.8 Å². The van der Waals surface area contributed by atoms with Gasteiger partial charge in [0.15, 0.2) is 5.82 Å². The SMILES string of the molecule is Cc1ncc(CC(=O)Nc2cc([C@H]3CCC(OC(=O)NC(C)CC(F)(F)F)C3)[nH]n2)s1. The highest BCUT2D eigenvalue weighted by Gasteiger charge is 2.33. The molecule has 170 valence electrons. The number of rotatable bonds is 7. The predicted octanol–water partition coefficient (Wildman–Crippen LogP) is 4.06. The number of nitrogens with zero attached hydrogens (tertiary/aromatic N) is 2. The molecule has 0 aliphatic heterocycles. The van der Waals surface area contributed by atoms with Gasteiger partial charge in [-0.15, -0.1) is 11.3 Å². The predicted molar refractivity (Wildman–Crippen MR) is 108 cm³/mol. The van der Waals surface area contributed by atoms with Crippen LogP contribution in [0.5, 0.6) is 0 Å². The van der Waals surface area contributed by atoms with Crippen LogP contribution in [0.25, 0.3) is 0 Å². The molecule has 8 nitrogen and oxygen atoms in total. The van der Waals surface area contributed by atoms with Crippen LogP contribution in [0.3, 0.4) is 0 Å². The first-order valence-electron chi connectivity index (χ1n) is 9.87. The van der Waals surface area contributed by atoms with Gasteiger partial charge in [-0.1, -0.05) is 0 Å². The Bertz CT molecular complexity index is 914. The molecule has 2 aromatic heterocycles. The summed E-state index contributed by atoms with van der Waals surface area (Å²) >= 11 is 1.46. The number of amides is 2. The van der Waals surface area contributed by atoms with Crippen molar-refractivity contribution >= 4 is 29.2 Å². The van der Waals surface area contributed by atoms with Gasteiger partial charge in [-0.3, -0.25) is 9.89 Å². The van der Waals surface area contributed by atoms with E-state index in [4.69, 9.17) is 4.74 Å². The van der Waals surface area contributed by atoms with Crippen LogP contribution >= 0.6 is 11.3 Å². The average molecular weight is 459 g/mol. The van der Waals surface area contributed by atoms with Crippen molar-refractivity contribution in [1.82, 2.24) is 20.5 Å². The molecule has 1 saturated carbocycles. The molecule has 2 unspecified atom stereocenters. The molecule has 3 rings (SSSR count). The van der Waals surface area contributed by atoms with Gasteiger partial charge in [0, 0.05) is 34.8 Å². The lowest BCUT2D eigenvalue weighted by atomic mass is 10.0. The van der Waals surface area contributed by atoms with Gasteiger partial charge >= 0.3 is 12.3 Å². The first kappa shape index (κ1) is 23.0. The largest absolute Gasteiger partial charge is 0.446 e. The summed E-state index contributed by atoms with van der Waals surface area (Å²) in [4.78, 5) is 29.0. The second-order valence-electron chi connectivity index (χ2n) is 7.68. The monoisotopic (exact) mass is 459 g/mol. The summed E-state index contributed by atoms with van der Waals surface area (Å²) < 4.78 is 42.3. The van der Waals surface area contributed by atoms with Crippen LogP contribution in [0.4, 0.5) is 23.8 Å². The highest BCUT2D eigenvalue weighted by atomic mass is 32.1. The van der Waals surface area contributed by atoms with Crippen LogP contribution in [-0.4, -0.2) is 45.5 Å². The number of alkyl carbamates (subject to hydrolysis) is 1. The zero-order valence-corrected chi connectivity index (χ0v) is 17.9. The van der Waals surface area contributed by atoms with Crippen molar-refractivity contribution in [3.63, 3.8) is 0 Å². The second-order valence-corrected chi connectivity index (χ2v) is 9.00. The maximum Gasteiger partial charge on any atom is 0.407 e. The topological polar surface area (TPSA) is 109 Å². The molecule has 0 saturated heterocycles. The second kappa shape index (κ2) is 9.67. The third-order valence-corrected chi connectivity index (χ3v) is 5.78. The first-order valence-corrected chi connectivity index (χ1v) is 10.7. The molecular weight excluding hydrogens is 435 g/mol.